The van der Waals surface area contributed by atoms with E-state index in [-0.39, 0.29) is 12.3 Å². The van der Waals surface area contributed by atoms with Gasteiger partial charge in [-0.1, -0.05) is 11.6 Å². The third-order valence-corrected chi connectivity index (χ3v) is 4.26. The number of aromatic nitrogens is 2. The first-order chi connectivity index (χ1) is 8.58. The van der Waals surface area contributed by atoms with E-state index in [1.165, 1.54) is 3.97 Å². The van der Waals surface area contributed by atoms with Crippen LogP contribution in [0, 0.1) is 13.8 Å². The maximum absolute atomic E-state index is 13.1. The minimum Gasteiger partial charge on any atom is -0.496 e. The van der Waals surface area contributed by atoms with Crippen LogP contribution in [0.15, 0.2) is 22.8 Å². The molecule has 0 aliphatic heterocycles. The van der Waals surface area contributed by atoms with Gasteiger partial charge in [-0.25, -0.2) is 8.96 Å². The van der Waals surface area contributed by atoms with E-state index in [4.69, 9.17) is 4.74 Å². The SMILES string of the molecule is COc1ccc(C)cc1-c1nc(C)c(Br)n1SF. The molecule has 0 fully saturated rings. The van der Waals surface area contributed by atoms with Crippen molar-refractivity contribution in [2.45, 2.75) is 13.8 Å². The molecule has 0 amide bonds. The molecule has 0 radical (unpaired) electrons. The monoisotopic (exact) mass is 330 g/mol. The molecule has 0 saturated heterocycles. The molecular weight excluding hydrogens is 319 g/mol. The average Bonchev–Trinajstić information content (AvgIpc) is 2.65. The number of aryl methyl sites for hydroxylation is 2. The molecule has 0 aliphatic carbocycles. The Labute approximate surface area is 118 Å². The Kier molecular flexibility index (Phi) is 3.97. The van der Waals surface area contributed by atoms with E-state index in [1.54, 1.807) is 7.11 Å². The van der Waals surface area contributed by atoms with Crippen molar-refractivity contribution in [3.05, 3.63) is 34.1 Å². The predicted molar refractivity (Wildman–Crippen MR) is 75.5 cm³/mol. The zero-order valence-electron chi connectivity index (χ0n) is 10.2. The van der Waals surface area contributed by atoms with Crippen molar-refractivity contribution in [2.24, 2.45) is 0 Å². The van der Waals surface area contributed by atoms with Crippen molar-refractivity contribution in [3.63, 3.8) is 0 Å². The van der Waals surface area contributed by atoms with E-state index >= 15 is 0 Å². The maximum atomic E-state index is 13.1. The van der Waals surface area contributed by atoms with Crippen molar-refractivity contribution >= 4 is 28.3 Å². The first-order valence-corrected chi connectivity index (χ1v) is 6.74. The number of imidazole rings is 1. The number of nitrogens with zero attached hydrogens (tertiary/aromatic N) is 2. The van der Waals surface area contributed by atoms with Gasteiger partial charge in [0.2, 0.25) is 0 Å². The van der Waals surface area contributed by atoms with Crippen LogP contribution in [-0.2, 0) is 0 Å². The first-order valence-electron chi connectivity index (χ1n) is 5.27. The molecule has 0 N–H and O–H groups in total. The molecule has 3 nitrogen and oxygen atoms in total. The van der Waals surface area contributed by atoms with Gasteiger partial charge in [-0.05, 0) is 41.9 Å². The summed E-state index contributed by atoms with van der Waals surface area (Å²) in [5.74, 6) is 1.21. The zero-order valence-corrected chi connectivity index (χ0v) is 12.6. The van der Waals surface area contributed by atoms with E-state index in [0.29, 0.717) is 16.2 Å². The van der Waals surface area contributed by atoms with Crippen molar-refractivity contribution in [3.8, 4) is 17.1 Å². The van der Waals surface area contributed by atoms with Crippen molar-refractivity contribution in [2.75, 3.05) is 7.11 Å². The molecule has 1 aromatic heterocycles. The third-order valence-electron chi connectivity index (χ3n) is 2.61. The van der Waals surface area contributed by atoms with Gasteiger partial charge in [0.05, 0.1) is 18.4 Å². The molecule has 0 saturated carbocycles. The number of methoxy groups -OCH3 is 1. The Morgan fingerprint density at radius 2 is 2.11 bits per heavy atom. The fourth-order valence-corrected chi connectivity index (χ4v) is 2.54. The fourth-order valence-electron chi connectivity index (χ4n) is 1.72. The smallest absolute Gasteiger partial charge is 0.172 e. The third kappa shape index (κ3) is 2.27. The van der Waals surface area contributed by atoms with Crippen molar-refractivity contribution in [1.29, 1.82) is 0 Å². The Morgan fingerprint density at radius 1 is 1.39 bits per heavy atom. The van der Waals surface area contributed by atoms with Gasteiger partial charge in [0.1, 0.15) is 10.4 Å². The van der Waals surface area contributed by atoms with Gasteiger partial charge in [0, 0.05) is 0 Å². The second-order valence-electron chi connectivity index (χ2n) is 3.88. The van der Waals surface area contributed by atoms with Gasteiger partial charge in [-0.15, -0.1) is 3.89 Å². The molecule has 6 heteroatoms. The van der Waals surface area contributed by atoms with Crippen molar-refractivity contribution < 1.29 is 8.62 Å². The van der Waals surface area contributed by atoms with Gasteiger partial charge in [-0.2, -0.15) is 0 Å². The molecule has 1 aromatic carbocycles. The first kappa shape index (κ1) is 13.4. The number of hydrogen-bond donors (Lipinski definition) is 0. The highest BCUT2D eigenvalue weighted by molar-refractivity contribution is 9.10. The number of hydrogen-bond acceptors (Lipinski definition) is 3. The van der Waals surface area contributed by atoms with E-state index in [9.17, 15) is 3.89 Å². The van der Waals surface area contributed by atoms with E-state index in [2.05, 4.69) is 20.9 Å². The minimum absolute atomic E-state index is 0.114. The van der Waals surface area contributed by atoms with Gasteiger partial charge in [0.25, 0.3) is 0 Å². The van der Waals surface area contributed by atoms with Crippen molar-refractivity contribution in [1.82, 2.24) is 8.96 Å². The lowest BCUT2D eigenvalue weighted by atomic mass is 10.1. The standard InChI is InChI=1S/C12H12BrFN2OS/c1-7-4-5-10(17-3)9(6-7)12-15-8(2)11(13)16(12)18-14/h4-6H,1-3H3. The van der Waals surface area contributed by atoms with Gasteiger partial charge in [0.15, 0.2) is 18.2 Å². The van der Waals surface area contributed by atoms with Crippen LogP contribution in [0.4, 0.5) is 3.89 Å². The molecule has 0 bridgehead atoms. The second kappa shape index (κ2) is 5.32. The molecule has 1 heterocycles. The molecule has 0 spiro atoms. The van der Waals surface area contributed by atoms with Gasteiger partial charge in [-0.3, -0.25) is 0 Å². The molecular formula is C12H12BrFN2OS. The summed E-state index contributed by atoms with van der Waals surface area (Å²) in [6.45, 7) is 3.79. The molecule has 18 heavy (non-hydrogen) atoms. The number of ether oxygens (including phenoxy) is 1. The van der Waals surface area contributed by atoms with E-state index < -0.39 is 0 Å². The number of rotatable bonds is 3. The van der Waals surface area contributed by atoms with Crippen LogP contribution in [0.25, 0.3) is 11.4 Å². The van der Waals surface area contributed by atoms with Crippen LogP contribution in [0.5, 0.6) is 5.75 Å². The Hall–Kier alpha value is -1.01. The van der Waals surface area contributed by atoms with Gasteiger partial charge >= 0.3 is 0 Å². The highest BCUT2D eigenvalue weighted by Crippen LogP contribution is 2.36. The largest absolute Gasteiger partial charge is 0.496 e. The summed E-state index contributed by atoms with van der Waals surface area (Å²) in [4.78, 5) is 4.38. The maximum Gasteiger partial charge on any atom is 0.172 e. The molecule has 0 unspecified atom stereocenters. The Bertz CT molecular complexity index is 586. The number of benzene rings is 1. The molecule has 96 valence electrons. The molecule has 2 aromatic rings. The Balaban J connectivity index is 2.68. The van der Waals surface area contributed by atoms with Gasteiger partial charge < -0.3 is 4.74 Å². The zero-order chi connectivity index (χ0) is 13.3. The lowest BCUT2D eigenvalue weighted by Crippen LogP contribution is -1.94. The average molecular weight is 331 g/mol. The van der Waals surface area contributed by atoms with E-state index in [1.807, 2.05) is 32.0 Å². The summed E-state index contributed by atoms with van der Waals surface area (Å²) in [6.07, 6.45) is 0. The number of halogens is 2. The summed E-state index contributed by atoms with van der Waals surface area (Å²) >= 11 is 3.44. The van der Waals surface area contributed by atoms with Crippen LogP contribution < -0.4 is 4.74 Å². The summed E-state index contributed by atoms with van der Waals surface area (Å²) in [5, 5.41) is 0. The lowest BCUT2D eigenvalue weighted by Gasteiger charge is -2.09. The van der Waals surface area contributed by atoms with Crippen LogP contribution in [0.1, 0.15) is 11.3 Å². The highest BCUT2D eigenvalue weighted by atomic mass is 79.9. The predicted octanol–water partition coefficient (Wildman–Crippen LogP) is 4.32. The fraction of sp³-hybridized carbons (Fsp3) is 0.250. The quantitative estimate of drug-likeness (QED) is 0.838. The summed E-state index contributed by atoms with van der Waals surface area (Å²) in [6, 6.07) is 5.73. The lowest BCUT2D eigenvalue weighted by molar-refractivity contribution is 0.416. The van der Waals surface area contributed by atoms with Crippen LogP contribution >= 0.6 is 28.3 Å². The topological polar surface area (TPSA) is 27.1 Å². The van der Waals surface area contributed by atoms with E-state index in [0.717, 1.165) is 16.8 Å². The van der Waals surface area contributed by atoms with Crippen LogP contribution in [-0.4, -0.2) is 16.1 Å². The summed E-state index contributed by atoms with van der Waals surface area (Å²) in [7, 11) is 1.59. The minimum atomic E-state index is 0.114. The Morgan fingerprint density at radius 3 is 2.72 bits per heavy atom. The summed E-state index contributed by atoms with van der Waals surface area (Å²) < 4.78 is 20.4. The summed E-state index contributed by atoms with van der Waals surface area (Å²) in [5.41, 5.74) is 2.58. The van der Waals surface area contributed by atoms with Crippen LogP contribution in [0.3, 0.4) is 0 Å². The molecule has 0 aliphatic rings. The highest BCUT2D eigenvalue weighted by Gasteiger charge is 2.18. The molecule has 2 rings (SSSR count). The second-order valence-corrected chi connectivity index (χ2v) is 5.13. The normalized spacial score (nSPS) is 10.7. The van der Waals surface area contributed by atoms with Crippen LogP contribution in [0.2, 0.25) is 0 Å². The molecule has 0 atom stereocenters.